The molecule has 1 heterocycles. The van der Waals surface area contributed by atoms with Crippen molar-refractivity contribution in [1.82, 2.24) is 10.2 Å². The van der Waals surface area contributed by atoms with E-state index in [1.807, 2.05) is 0 Å². The summed E-state index contributed by atoms with van der Waals surface area (Å²) in [5, 5.41) is 13.8. The molecule has 0 amide bonds. The minimum absolute atomic E-state index is 0.356. The monoisotopic (exact) mass is 212 g/mol. The van der Waals surface area contributed by atoms with Gasteiger partial charge in [0, 0.05) is 32.7 Å². The molecule has 2 fully saturated rings. The fraction of sp³-hybridized carbons (Fsp3) is 1.00. The molecule has 3 heteroatoms. The third kappa shape index (κ3) is 2.71. The molecule has 15 heavy (non-hydrogen) atoms. The molecule has 2 N–H and O–H groups in total. The third-order valence-electron chi connectivity index (χ3n) is 4.13. The van der Waals surface area contributed by atoms with Crippen molar-refractivity contribution in [1.29, 1.82) is 0 Å². The predicted octanol–water partition coefficient (Wildman–Crippen LogP) is 0.833. The average molecular weight is 212 g/mol. The van der Waals surface area contributed by atoms with Gasteiger partial charge in [0.2, 0.25) is 0 Å². The Labute approximate surface area is 92.8 Å². The molecule has 1 aliphatic carbocycles. The Bertz CT molecular complexity index is 196. The summed E-state index contributed by atoms with van der Waals surface area (Å²) in [6.45, 7) is 7.77. The lowest BCUT2D eigenvalue weighted by Crippen LogP contribution is -2.48. The number of rotatable bonds is 3. The van der Waals surface area contributed by atoms with Crippen LogP contribution in [0.2, 0.25) is 0 Å². The Morgan fingerprint density at radius 1 is 1.27 bits per heavy atom. The van der Waals surface area contributed by atoms with Crippen LogP contribution in [-0.4, -0.2) is 48.3 Å². The van der Waals surface area contributed by atoms with Crippen molar-refractivity contribution in [2.75, 3.05) is 32.7 Å². The van der Waals surface area contributed by atoms with Gasteiger partial charge in [0.25, 0.3) is 0 Å². The van der Waals surface area contributed by atoms with E-state index in [4.69, 9.17) is 0 Å². The predicted molar refractivity (Wildman–Crippen MR) is 61.9 cm³/mol. The second-order valence-corrected chi connectivity index (χ2v) is 5.26. The van der Waals surface area contributed by atoms with Crippen LogP contribution in [0.4, 0.5) is 0 Å². The molecule has 2 aliphatic rings. The molecule has 1 atom stereocenters. The molecule has 1 saturated heterocycles. The fourth-order valence-electron chi connectivity index (χ4n) is 2.93. The summed E-state index contributed by atoms with van der Waals surface area (Å²) in [4.78, 5) is 2.48. The molecule has 0 aromatic heterocycles. The highest BCUT2D eigenvalue weighted by molar-refractivity contribution is 4.90. The Morgan fingerprint density at radius 2 is 1.87 bits per heavy atom. The van der Waals surface area contributed by atoms with Crippen LogP contribution in [-0.2, 0) is 0 Å². The van der Waals surface area contributed by atoms with E-state index in [0.29, 0.717) is 5.92 Å². The van der Waals surface area contributed by atoms with Crippen LogP contribution in [0.5, 0.6) is 0 Å². The van der Waals surface area contributed by atoms with Crippen LogP contribution in [0.25, 0.3) is 0 Å². The average Bonchev–Trinajstić information content (AvgIpc) is 2.68. The van der Waals surface area contributed by atoms with Crippen LogP contribution in [0.1, 0.15) is 32.6 Å². The second-order valence-electron chi connectivity index (χ2n) is 5.26. The van der Waals surface area contributed by atoms with Crippen molar-refractivity contribution in [3.05, 3.63) is 0 Å². The third-order valence-corrected chi connectivity index (χ3v) is 4.13. The molecular formula is C12H24N2O. The van der Waals surface area contributed by atoms with E-state index < -0.39 is 0 Å². The standard InChI is InChI=1S/C12H24N2O/c1-11(12(15)4-2-3-5-12)10-14-8-6-13-7-9-14/h11,13,15H,2-10H2,1H3. The van der Waals surface area contributed by atoms with Crippen molar-refractivity contribution in [2.24, 2.45) is 5.92 Å². The lowest BCUT2D eigenvalue weighted by molar-refractivity contribution is -0.0195. The Kier molecular flexibility index (Phi) is 3.65. The van der Waals surface area contributed by atoms with E-state index in [-0.39, 0.29) is 5.60 Å². The maximum Gasteiger partial charge on any atom is 0.0685 e. The van der Waals surface area contributed by atoms with E-state index in [9.17, 15) is 5.11 Å². The lowest BCUT2D eigenvalue weighted by Gasteiger charge is -2.36. The van der Waals surface area contributed by atoms with Gasteiger partial charge < -0.3 is 15.3 Å². The summed E-state index contributed by atoms with van der Waals surface area (Å²) >= 11 is 0. The van der Waals surface area contributed by atoms with E-state index in [1.54, 1.807) is 0 Å². The van der Waals surface area contributed by atoms with Gasteiger partial charge in [-0.1, -0.05) is 19.8 Å². The second kappa shape index (κ2) is 4.81. The quantitative estimate of drug-likeness (QED) is 0.727. The molecule has 88 valence electrons. The van der Waals surface area contributed by atoms with Crippen molar-refractivity contribution >= 4 is 0 Å². The zero-order valence-corrected chi connectivity index (χ0v) is 9.84. The van der Waals surface area contributed by atoms with E-state index in [0.717, 1.165) is 45.6 Å². The summed E-state index contributed by atoms with van der Waals surface area (Å²) in [5.41, 5.74) is -0.356. The number of hydrogen-bond donors (Lipinski definition) is 2. The maximum absolute atomic E-state index is 10.4. The van der Waals surface area contributed by atoms with Gasteiger partial charge >= 0.3 is 0 Å². The SMILES string of the molecule is CC(CN1CCNCC1)C1(O)CCCC1. The highest BCUT2D eigenvalue weighted by Crippen LogP contribution is 2.36. The van der Waals surface area contributed by atoms with Crippen LogP contribution < -0.4 is 5.32 Å². The van der Waals surface area contributed by atoms with Gasteiger partial charge in [-0.05, 0) is 18.8 Å². The van der Waals surface area contributed by atoms with Gasteiger partial charge in [-0.3, -0.25) is 0 Å². The largest absolute Gasteiger partial charge is 0.390 e. The number of piperazine rings is 1. The summed E-state index contributed by atoms with van der Waals surface area (Å²) in [7, 11) is 0. The number of hydrogen-bond acceptors (Lipinski definition) is 3. The van der Waals surface area contributed by atoms with Gasteiger partial charge in [0.1, 0.15) is 0 Å². The molecule has 1 unspecified atom stereocenters. The minimum Gasteiger partial charge on any atom is -0.390 e. The molecule has 1 aliphatic heterocycles. The van der Waals surface area contributed by atoms with E-state index in [1.165, 1.54) is 12.8 Å². The number of nitrogens with one attached hydrogen (secondary N) is 1. The first kappa shape index (κ1) is 11.4. The molecule has 2 rings (SSSR count). The van der Waals surface area contributed by atoms with Crippen LogP contribution in [0.3, 0.4) is 0 Å². The molecule has 0 spiro atoms. The minimum atomic E-state index is -0.356. The first-order valence-electron chi connectivity index (χ1n) is 6.36. The van der Waals surface area contributed by atoms with Crippen LogP contribution in [0.15, 0.2) is 0 Å². The Balaban J connectivity index is 1.82. The molecule has 3 nitrogen and oxygen atoms in total. The van der Waals surface area contributed by atoms with Gasteiger partial charge in [-0.25, -0.2) is 0 Å². The molecule has 0 aromatic carbocycles. The first-order valence-corrected chi connectivity index (χ1v) is 6.36. The van der Waals surface area contributed by atoms with E-state index in [2.05, 4.69) is 17.1 Å². The highest BCUT2D eigenvalue weighted by atomic mass is 16.3. The van der Waals surface area contributed by atoms with Gasteiger partial charge in [0.05, 0.1) is 5.60 Å². The Morgan fingerprint density at radius 3 is 2.47 bits per heavy atom. The van der Waals surface area contributed by atoms with Crippen molar-refractivity contribution in [3.63, 3.8) is 0 Å². The molecule has 0 aromatic rings. The maximum atomic E-state index is 10.4. The molecule has 0 bridgehead atoms. The summed E-state index contributed by atoms with van der Waals surface area (Å²) < 4.78 is 0. The number of aliphatic hydroxyl groups is 1. The first-order chi connectivity index (χ1) is 7.21. The molecule has 1 saturated carbocycles. The summed E-state index contributed by atoms with van der Waals surface area (Å²) in [6.07, 6.45) is 4.45. The Hall–Kier alpha value is -0.120. The highest BCUT2D eigenvalue weighted by Gasteiger charge is 2.37. The van der Waals surface area contributed by atoms with Crippen LogP contribution in [0, 0.1) is 5.92 Å². The summed E-state index contributed by atoms with van der Waals surface area (Å²) in [5.74, 6) is 0.429. The molecule has 0 radical (unpaired) electrons. The van der Waals surface area contributed by atoms with Gasteiger partial charge in [0.15, 0.2) is 0 Å². The zero-order chi connectivity index (χ0) is 10.7. The summed E-state index contributed by atoms with van der Waals surface area (Å²) in [6, 6.07) is 0. The topological polar surface area (TPSA) is 35.5 Å². The fourth-order valence-corrected chi connectivity index (χ4v) is 2.93. The normalized spacial score (nSPS) is 29.2. The van der Waals surface area contributed by atoms with Crippen molar-refractivity contribution < 1.29 is 5.11 Å². The van der Waals surface area contributed by atoms with Crippen molar-refractivity contribution in [2.45, 2.75) is 38.2 Å². The zero-order valence-electron chi connectivity index (χ0n) is 9.84. The van der Waals surface area contributed by atoms with Crippen molar-refractivity contribution in [3.8, 4) is 0 Å². The lowest BCUT2D eigenvalue weighted by atomic mass is 9.87. The van der Waals surface area contributed by atoms with E-state index >= 15 is 0 Å². The molecular weight excluding hydrogens is 188 g/mol. The number of nitrogens with zero attached hydrogens (tertiary/aromatic N) is 1. The van der Waals surface area contributed by atoms with Gasteiger partial charge in [-0.2, -0.15) is 0 Å². The van der Waals surface area contributed by atoms with Crippen LogP contribution >= 0.6 is 0 Å². The van der Waals surface area contributed by atoms with Gasteiger partial charge in [-0.15, -0.1) is 0 Å². The smallest absolute Gasteiger partial charge is 0.0685 e.